The van der Waals surface area contributed by atoms with Gasteiger partial charge in [0.1, 0.15) is 0 Å². The Morgan fingerprint density at radius 1 is 1.00 bits per heavy atom. The van der Waals surface area contributed by atoms with E-state index in [9.17, 15) is 8.42 Å². The van der Waals surface area contributed by atoms with Gasteiger partial charge in [-0.15, -0.1) is 5.10 Å². The minimum Gasteiger partial charge on any atom is -0.378 e. The number of nitrogens with one attached hydrogen (secondary N) is 1. The molecule has 0 aliphatic carbocycles. The first-order valence-corrected chi connectivity index (χ1v) is 11.5. The van der Waals surface area contributed by atoms with Crippen molar-refractivity contribution in [1.82, 2.24) is 25.2 Å². The highest BCUT2D eigenvalue weighted by molar-refractivity contribution is 7.91. The molecule has 1 saturated heterocycles. The summed E-state index contributed by atoms with van der Waals surface area (Å²) in [4.78, 5) is 2.11. The lowest BCUT2D eigenvalue weighted by Crippen LogP contribution is -2.39. The zero-order valence-corrected chi connectivity index (χ0v) is 17.7. The summed E-state index contributed by atoms with van der Waals surface area (Å²) in [5.74, 6) is 0.441. The highest BCUT2D eigenvalue weighted by atomic mass is 32.2. The Morgan fingerprint density at radius 3 is 2.25 bits per heavy atom. The van der Waals surface area contributed by atoms with Crippen molar-refractivity contribution in [2.75, 3.05) is 77.8 Å². The first-order valence-electron chi connectivity index (χ1n) is 9.71. The molecule has 0 radical (unpaired) electrons. The first kappa shape index (κ1) is 23.2. The van der Waals surface area contributed by atoms with Crippen molar-refractivity contribution in [2.24, 2.45) is 0 Å². The number of aromatic nitrogens is 3. The quantitative estimate of drug-likeness (QED) is 0.383. The summed E-state index contributed by atoms with van der Waals surface area (Å²) in [6.45, 7) is 8.62. The van der Waals surface area contributed by atoms with Gasteiger partial charge in [0.2, 0.25) is 0 Å². The Labute approximate surface area is 167 Å². The van der Waals surface area contributed by atoms with Gasteiger partial charge >= 0.3 is 0 Å². The summed E-state index contributed by atoms with van der Waals surface area (Å²) in [6.07, 6.45) is 0. The highest BCUT2D eigenvalue weighted by Crippen LogP contribution is 2.11. The van der Waals surface area contributed by atoms with Gasteiger partial charge in [-0.25, -0.2) is 13.1 Å². The van der Waals surface area contributed by atoms with Gasteiger partial charge in [-0.3, -0.25) is 4.90 Å². The van der Waals surface area contributed by atoms with E-state index in [1.54, 1.807) is 0 Å². The molecule has 11 heteroatoms. The first-order chi connectivity index (χ1) is 13.5. The topological polar surface area (TPSA) is 108 Å². The van der Waals surface area contributed by atoms with Crippen LogP contribution in [0.25, 0.3) is 0 Å². The van der Waals surface area contributed by atoms with E-state index in [0.717, 1.165) is 17.9 Å². The van der Waals surface area contributed by atoms with Gasteiger partial charge in [-0.05, 0) is 14.0 Å². The van der Waals surface area contributed by atoms with Gasteiger partial charge in [-0.2, -0.15) is 0 Å². The number of hydrogen-bond donors (Lipinski definition) is 1. The molecule has 0 atom stereocenters. The maximum atomic E-state index is 11.5. The van der Waals surface area contributed by atoms with Gasteiger partial charge < -0.3 is 19.5 Å². The van der Waals surface area contributed by atoms with Crippen molar-refractivity contribution in [3.63, 3.8) is 0 Å². The molecule has 28 heavy (non-hydrogen) atoms. The largest absolute Gasteiger partial charge is 0.378 e. The van der Waals surface area contributed by atoms with Crippen molar-refractivity contribution >= 4 is 9.84 Å². The second-order valence-electron chi connectivity index (χ2n) is 6.71. The third-order valence-corrected chi connectivity index (χ3v) is 6.19. The number of likely N-dealkylation sites (N-methyl/N-ethyl adjacent to an activating group) is 1. The normalized spacial score (nSPS) is 17.2. The summed E-state index contributed by atoms with van der Waals surface area (Å²) < 4.78 is 41.2. The molecule has 0 spiro atoms. The Bertz CT molecular complexity index is 653. The van der Waals surface area contributed by atoms with Crippen LogP contribution in [0.4, 0.5) is 0 Å². The van der Waals surface area contributed by atoms with Crippen LogP contribution in [0.2, 0.25) is 0 Å². The van der Waals surface area contributed by atoms with Crippen LogP contribution in [0.1, 0.15) is 11.4 Å². The van der Waals surface area contributed by atoms with Crippen molar-refractivity contribution < 1.29 is 22.6 Å². The summed E-state index contributed by atoms with van der Waals surface area (Å²) in [5.41, 5.74) is 1.88. The second kappa shape index (κ2) is 12.5. The molecular formula is C17H33N5O5S. The molecule has 0 unspecified atom stereocenters. The fraction of sp³-hybridized carbons (Fsp3) is 0.882. The number of nitrogens with zero attached hydrogens (tertiary/aromatic N) is 4. The highest BCUT2D eigenvalue weighted by Gasteiger charge is 2.23. The Kier molecular flexibility index (Phi) is 10.3. The van der Waals surface area contributed by atoms with Crippen LogP contribution in [0.3, 0.4) is 0 Å². The maximum Gasteiger partial charge on any atom is 0.152 e. The summed E-state index contributed by atoms with van der Waals surface area (Å²) in [5, 5.41) is 11.4. The molecule has 1 fully saturated rings. The molecule has 2 heterocycles. The Hall–Kier alpha value is -1.11. The lowest BCUT2D eigenvalue weighted by atomic mass is 10.3. The van der Waals surface area contributed by atoms with Crippen molar-refractivity contribution in [2.45, 2.75) is 20.0 Å². The van der Waals surface area contributed by atoms with Crippen molar-refractivity contribution in [3.05, 3.63) is 11.4 Å². The monoisotopic (exact) mass is 419 g/mol. The van der Waals surface area contributed by atoms with Crippen molar-refractivity contribution in [3.8, 4) is 0 Å². The molecule has 1 aromatic heterocycles. The fourth-order valence-electron chi connectivity index (χ4n) is 2.74. The van der Waals surface area contributed by atoms with E-state index in [1.165, 1.54) is 0 Å². The molecular weight excluding hydrogens is 386 g/mol. The zero-order valence-electron chi connectivity index (χ0n) is 16.9. The standard InChI is InChI=1S/C17H33N5O5S/c1-16-17(15-21-5-13-28(23,24)14-6-21)19-20-22(16)4-8-26-10-12-27-11-9-25-7-3-18-2/h18H,3-15H2,1-2H3. The number of hydrogen-bond acceptors (Lipinski definition) is 9. The Balaban J connectivity index is 1.55. The Morgan fingerprint density at radius 2 is 1.61 bits per heavy atom. The molecule has 10 nitrogen and oxygen atoms in total. The van der Waals surface area contributed by atoms with E-state index in [1.807, 2.05) is 18.7 Å². The molecule has 1 aliphatic rings. The SMILES string of the molecule is CNCCOCCOCCOCCn1nnc(CN2CCS(=O)(=O)CC2)c1C. The molecule has 0 bridgehead atoms. The van der Waals surface area contributed by atoms with Gasteiger partial charge in [0, 0.05) is 26.2 Å². The van der Waals surface area contributed by atoms with Gasteiger partial charge in [0.25, 0.3) is 0 Å². The fourth-order valence-corrected chi connectivity index (χ4v) is 4.02. The average Bonchev–Trinajstić information content (AvgIpc) is 3.01. The van der Waals surface area contributed by atoms with E-state index in [4.69, 9.17) is 14.2 Å². The third-order valence-electron chi connectivity index (χ3n) is 4.58. The summed E-state index contributed by atoms with van der Waals surface area (Å²) in [6, 6.07) is 0. The maximum absolute atomic E-state index is 11.5. The number of sulfone groups is 1. The zero-order chi connectivity index (χ0) is 20.2. The van der Waals surface area contributed by atoms with Crippen molar-refractivity contribution in [1.29, 1.82) is 0 Å². The third kappa shape index (κ3) is 8.50. The molecule has 0 aromatic carbocycles. The van der Waals surface area contributed by atoms with Gasteiger partial charge in [0.15, 0.2) is 9.84 Å². The van der Waals surface area contributed by atoms with Gasteiger partial charge in [0.05, 0.1) is 69.1 Å². The summed E-state index contributed by atoms with van der Waals surface area (Å²) in [7, 11) is -0.970. The molecule has 0 saturated carbocycles. The van der Waals surface area contributed by atoms with E-state index in [-0.39, 0.29) is 11.5 Å². The molecule has 2 rings (SSSR count). The summed E-state index contributed by atoms with van der Waals surface area (Å²) >= 11 is 0. The van der Waals surface area contributed by atoms with Crippen LogP contribution < -0.4 is 5.32 Å². The van der Waals surface area contributed by atoms with E-state index < -0.39 is 9.84 Å². The molecule has 1 aliphatic heterocycles. The number of rotatable bonds is 14. The minimum atomic E-state index is -2.86. The van der Waals surface area contributed by atoms with E-state index in [0.29, 0.717) is 65.8 Å². The van der Waals surface area contributed by atoms with Crippen LogP contribution in [-0.4, -0.2) is 106 Å². The molecule has 1 aromatic rings. The van der Waals surface area contributed by atoms with E-state index in [2.05, 4.69) is 20.5 Å². The lowest BCUT2D eigenvalue weighted by Gasteiger charge is -2.25. The minimum absolute atomic E-state index is 0.220. The molecule has 162 valence electrons. The van der Waals surface area contributed by atoms with Crippen LogP contribution in [0, 0.1) is 6.92 Å². The average molecular weight is 420 g/mol. The van der Waals surface area contributed by atoms with Crippen LogP contribution >= 0.6 is 0 Å². The molecule has 1 N–H and O–H groups in total. The van der Waals surface area contributed by atoms with Crippen LogP contribution in [0.15, 0.2) is 0 Å². The second-order valence-corrected chi connectivity index (χ2v) is 9.02. The van der Waals surface area contributed by atoms with Crippen LogP contribution in [0.5, 0.6) is 0 Å². The van der Waals surface area contributed by atoms with Gasteiger partial charge in [-0.1, -0.05) is 5.21 Å². The molecule has 0 amide bonds. The van der Waals surface area contributed by atoms with E-state index >= 15 is 0 Å². The predicted octanol–water partition coefficient (Wildman–Crippen LogP) is -0.914. The predicted molar refractivity (Wildman–Crippen MR) is 105 cm³/mol. The lowest BCUT2D eigenvalue weighted by molar-refractivity contribution is 0.0134. The van der Waals surface area contributed by atoms with Crippen LogP contribution in [-0.2, 0) is 37.1 Å². The smallest absolute Gasteiger partial charge is 0.152 e. The number of ether oxygens (including phenoxy) is 3.